The molecule has 0 atom stereocenters. The summed E-state index contributed by atoms with van der Waals surface area (Å²) >= 11 is 4.97. The van der Waals surface area contributed by atoms with Gasteiger partial charge in [0.2, 0.25) is 0 Å². The number of thiocarbonyl (C=S) groups is 1. The van der Waals surface area contributed by atoms with Gasteiger partial charge in [-0.3, -0.25) is 0 Å². The van der Waals surface area contributed by atoms with Crippen molar-refractivity contribution < 1.29 is 4.74 Å². The van der Waals surface area contributed by atoms with E-state index in [9.17, 15) is 0 Å². The van der Waals surface area contributed by atoms with E-state index in [1.54, 1.807) is 0 Å². The molecule has 0 saturated carbocycles. The second-order valence-electron chi connectivity index (χ2n) is 2.63. The molecular formula is C10H13NOS. The summed E-state index contributed by atoms with van der Waals surface area (Å²) in [6, 6.07) is 9.52. The van der Waals surface area contributed by atoms with Gasteiger partial charge in [0.15, 0.2) is 0 Å². The monoisotopic (exact) mass is 195 g/mol. The Morgan fingerprint density at radius 2 is 2.08 bits per heavy atom. The Morgan fingerprint density at radius 3 is 2.69 bits per heavy atom. The van der Waals surface area contributed by atoms with Gasteiger partial charge in [0.1, 0.15) is 5.75 Å². The van der Waals surface area contributed by atoms with Crippen molar-refractivity contribution in [1.29, 1.82) is 0 Å². The van der Waals surface area contributed by atoms with Gasteiger partial charge in [-0.1, -0.05) is 25.1 Å². The molecule has 0 radical (unpaired) electrons. The fourth-order valence-electron chi connectivity index (χ4n) is 0.859. The highest BCUT2D eigenvalue weighted by Crippen LogP contribution is 2.07. The van der Waals surface area contributed by atoms with E-state index in [2.05, 4.69) is 12.2 Å². The number of hydrogen-bond acceptors (Lipinski definition) is 2. The summed E-state index contributed by atoms with van der Waals surface area (Å²) in [5.41, 5.74) is 0. The molecule has 1 rings (SSSR count). The normalized spacial score (nSPS) is 9.31. The molecule has 0 heterocycles. The number of ether oxygens (including phenoxy) is 1. The van der Waals surface area contributed by atoms with E-state index in [0.717, 1.165) is 18.7 Å². The van der Waals surface area contributed by atoms with Crippen LogP contribution >= 0.6 is 12.2 Å². The lowest BCUT2D eigenvalue weighted by atomic mass is 10.3. The molecule has 0 spiro atoms. The third kappa shape index (κ3) is 3.90. The van der Waals surface area contributed by atoms with Gasteiger partial charge < -0.3 is 10.1 Å². The lowest BCUT2D eigenvalue weighted by Gasteiger charge is -2.07. The smallest absolute Gasteiger partial charge is 0.262 e. The zero-order valence-corrected chi connectivity index (χ0v) is 8.43. The summed E-state index contributed by atoms with van der Waals surface area (Å²) < 4.78 is 5.34. The van der Waals surface area contributed by atoms with Gasteiger partial charge in [-0.05, 0) is 30.8 Å². The topological polar surface area (TPSA) is 21.3 Å². The van der Waals surface area contributed by atoms with Crippen molar-refractivity contribution in [3.05, 3.63) is 30.3 Å². The molecule has 3 heteroatoms. The van der Waals surface area contributed by atoms with Crippen LogP contribution in [0.4, 0.5) is 0 Å². The predicted molar refractivity (Wildman–Crippen MR) is 58.0 cm³/mol. The minimum Gasteiger partial charge on any atom is -0.432 e. The third-order valence-corrected chi connectivity index (χ3v) is 1.70. The Bertz CT molecular complexity index is 261. The SMILES string of the molecule is CCCNC(=S)Oc1ccccc1. The first-order chi connectivity index (χ1) is 6.33. The van der Waals surface area contributed by atoms with Crippen molar-refractivity contribution >= 4 is 17.4 Å². The first-order valence-corrected chi connectivity index (χ1v) is 4.74. The van der Waals surface area contributed by atoms with Gasteiger partial charge in [-0.15, -0.1) is 0 Å². The quantitative estimate of drug-likeness (QED) is 0.748. The molecule has 1 N–H and O–H groups in total. The third-order valence-electron chi connectivity index (χ3n) is 1.47. The number of rotatable bonds is 3. The number of benzene rings is 1. The highest BCUT2D eigenvalue weighted by molar-refractivity contribution is 7.80. The van der Waals surface area contributed by atoms with Crippen LogP contribution in [0.5, 0.6) is 5.75 Å². The van der Waals surface area contributed by atoms with Crippen molar-refractivity contribution in [2.24, 2.45) is 0 Å². The molecule has 13 heavy (non-hydrogen) atoms. The molecule has 0 aliphatic carbocycles. The van der Waals surface area contributed by atoms with E-state index in [-0.39, 0.29) is 0 Å². The lowest BCUT2D eigenvalue weighted by Crippen LogP contribution is -2.26. The molecule has 0 aromatic heterocycles. The van der Waals surface area contributed by atoms with Crippen LogP contribution in [-0.4, -0.2) is 11.7 Å². The van der Waals surface area contributed by atoms with E-state index >= 15 is 0 Å². The maximum atomic E-state index is 5.34. The van der Waals surface area contributed by atoms with Crippen molar-refractivity contribution in [3.63, 3.8) is 0 Å². The predicted octanol–water partition coefficient (Wildman–Crippen LogP) is 2.35. The molecule has 2 nitrogen and oxygen atoms in total. The summed E-state index contributed by atoms with van der Waals surface area (Å²) in [5.74, 6) is 0.774. The van der Waals surface area contributed by atoms with Crippen molar-refractivity contribution in [2.75, 3.05) is 6.54 Å². The molecule has 0 bridgehead atoms. The number of hydrogen-bond donors (Lipinski definition) is 1. The maximum absolute atomic E-state index is 5.34. The standard InChI is InChI=1S/C10H13NOS/c1-2-8-11-10(13)12-9-6-4-3-5-7-9/h3-7H,2,8H2,1H3,(H,11,13). The maximum Gasteiger partial charge on any atom is 0.262 e. The van der Waals surface area contributed by atoms with E-state index in [0.29, 0.717) is 5.17 Å². The summed E-state index contributed by atoms with van der Waals surface area (Å²) in [4.78, 5) is 0. The largest absolute Gasteiger partial charge is 0.432 e. The van der Waals surface area contributed by atoms with Crippen LogP contribution in [0.15, 0.2) is 30.3 Å². The first kappa shape index (κ1) is 9.99. The van der Waals surface area contributed by atoms with Gasteiger partial charge in [-0.25, -0.2) is 0 Å². The fourth-order valence-corrected chi connectivity index (χ4v) is 1.06. The molecule has 0 amide bonds. The van der Waals surface area contributed by atoms with E-state index in [1.165, 1.54) is 0 Å². The van der Waals surface area contributed by atoms with Gasteiger partial charge in [0.05, 0.1) is 0 Å². The minimum atomic E-state index is 0.438. The lowest BCUT2D eigenvalue weighted by molar-refractivity contribution is 0.531. The molecule has 0 aliphatic heterocycles. The van der Waals surface area contributed by atoms with Crippen molar-refractivity contribution in [2.45, 2.75) is 13.3 Å². The van der Waals surface area contributed by atoms with Crippen molar-refractivity contribution in [3.8, 4) is 5.75 Å². The van der Waals surface area contributed by atoms with Crippen LogP contribution in [0.25, 0.3) is 0 Å². The molecule has 1 aromatic carbocycles. The Balaban J connectivity index is 2.37. The van der Waals surface area contributed by atoms with Crippen LogP contribution in [0.2, 0.25) is 0 Å². The molecule has 1 aromatic rings. The second-order valence-corrected chi connectivity index (χ2v) is 3.00. The summed E-state index contributed by atoms with van der Waals surface area (Å²) in [5, 5.41) is 3.43. The molecule has 0 saturated heterocycles. The first-order valence-electron chi connectivity index (χ1n) is 4.33. The summed E-state index contributed by atoms with van der Waals surface area (Å²) in [7, 11) is 0. The average molecular weight is 195 g/mol. The van der Waals surface area contributed by atoms with E-state index in [4.69, 9.17) is 17.0 Å². The summed E-state index contributed by atoms with van der Waals surface area (Å²) in [6.07, 6.45) is 1.04. The zero-order chi connectivity index (χ0) is 9.52. The molecule has 0 aliphatic rings. The Kier molecular flexibility index (Phi) is 4.26. The molecule has 0 unspecified atom stereocenters. The van der Waals surface area contributed by atoms with Crippen LogP contribution in [0, 0.1) is 0 Å². The van der Waals surface area contributed by atoms with Crippen LogP contribution in [0.1, 0.15) is 13.3 Å². The Morgan fingerprint density at radius 1 is 1.38 bits per heavy atom. The minimum absolute atomic E-state index is 0.438. The highest BCUT2D eigenvalue weighted by atomic mass is 32.1. The van der Waals surface area contributed by atoms with Gasteiger partial charge in [0.25, 0.3) is 5.17 Å². The molecule has 70 valence electrons. The van der Waals surface area contributed by atoms with Gasteiger partial charge >= 0.3 is 0 Å². The van der Waals surface area contributed by atoms with Crippen LogP contribution < -0.4 is 10.1 Å². The van der Waals surface area contributed by atoms with Crippen LogP contribution in [0.3, 0.4) is 0 Å². The Labute approximate surface area is 83.9 Å². The van der Waals surface area contributed by atoms with E-state index < -0.39 is 0 Å². The fraction of sp³-hybridized carbons (Fsp3) is 0.300. The zero-order valence-electron chi connectivity index (χ0n) is 7.62. The van der Waals surface area contributed by atoms with Crippen LogP contribution in [-0.2, 0) is 0 Å². The van der Waals surface area contributed by atoms with Gasteiger partial charge in [0, 0.05) is 6.54 Å². The number of nitrogens with one attached hydrogen (secondary N) is 1. The Hall–Kier alpha value is -1.09. The summed E-state index contributed by atoms with van der Waals surface area (Å²) in [6.45, 7) is 2.93. The number of para-hydroxylation sites is 1. The highest BCUT2D eigenvalue weighted by Gasteiger charge is 1.96. The second kappa shape index (κ2) is 5.54. The van der Waals surface area contributed by atoms with E-state index in [1.807, 2.05) is 30.3 Å². The van der Waals surface area contributed by atoms with Gasteiger partial charge in [-0.2, -0.15) is 0 Å². The average Bonchev–Trinajstić information content (AvgIpc) is 2.16. The van der Waals surface area contributed by atoms with Crippen molar-refractivity contribution in [1.82, 2.24) is 5.32 Å². The molecular weight excluding hydrogens is 182 g/mol. The molecule has 0 fully saturated rings.